The van der Waals surface area contributed by atoms with Crippen LogP contribution >= 0.6 is 0 Å². The van der Waals surface area contributed by atoms with E-state index in [9.17, 15) is 4.39 Å². The lowest BCUT2D eigenvalue weighted by Crippen LogP contribution is -2.41. The van der Waals surface area contributed by atoms with Gasteiger partial charge in [0.15, 0.2) is 5.96 Å². The van der Waals surface area contributed by atoms with Crippen molar-refractivity contribution in [2.75, 3.05) is 47.1 Å². The molecule has 1 aliphatic heterocycles. The Bertz CT molecular complexity index is 596. The van der Waals surface area contributed by atoms with Gasteiger partial charge in [-0.15, -0.1) is 0 Å². The zero-order valence-electron chi connectivity index (χ0n) is 15.1. The van der Waals surface area contributed by atoms with E-state index in [4.69, 9.17) is 9.47 Å². The number of likely N-dealkylation sites (tertiary alicyclic amines) is 1. The van der Waals surface area contributed by atoms with Crippen molar-refractivity contribution in [2.24, 2.45) is 10.9 Å². The minimum Gasteiger partial charge on any atom is -0.382 e. The molecule has 25 heavy (non-hydrogen) atoms. The van der Waals surface area contributed by atoms with Crippen molar-refractivity contribution in [3.05, 3.63) is 35.6 Å². The fourth-order valence-electron chi connectivity index (χ4n) is 3.49. The second kappa shape index (κ2) is 8.63. The number of hydrogen-bond donors (Lipinski definition) is 1. The van der Waals surface area contributed by atoms with E-state index in [2.05, 4.69) is 15.2 Å². The fourth-order valence-corrected chi connectivity index (χ4v) is 3.49. The third-order valence-electron chi connectivity index (χ3n) is 4.99. The fraction of sp³-hybridized carbons (Fsp3) is 0.632. The van der Waals surface area contributed by atoms with Crippen molar-refractivity contribution in [2.45, 2.75) is 24.8 Å². The predicted molar refractivity (Wildman–Crippen MR) is 96.4 cm³/mol. The van der Waals surface area contributed by atoms with E-state index in [0.717, 1.165) is 44.1 Å². The average molecular weight is 349 g/mol. The third kappa shape index (κ3) is 4.70. The molecule has 1 aliphatic carbocycles. The Kier molecular flexibility index (Phi) is 6.26. The van der Waals surface area contributed by atoms with E-state index in [1.165, 1.54) is 6.07 Å². The highest BCUT2D eigenvalue weighted by Crippen LogP contribution is 2.42. The van der Waals surface area contributed by atoms with Crippen LogP contribution in [0.3, 0.4) is 0 Å². The van der Waals surface area contributed by atoms with Crippen LogP contribution in [-0.2, 0) is 9.47 Å². The summed E-state index contributed by atoms with van der Waals surface area (Å²) in [6.07, 6.45) is 2.06. The molecule has 138 valence electrons. The van der Waals surface area contributed by atoms with Gasteiger partial charge in [-0.2, -0.15) is 0 Å². The lowest BCUT2D eigenvalue weighted by atomic mass is 10.1. The molecule has 2 aliphatic rings. The highest BCUT2D eigenvalue weighted by molar-refractivity contribution is 5.81. The van der Waals surface area contributed by atoms with Crippen LogP contribution < -0.4 is 5.32 Å². The van der Waals surface area contributed by atoms with Gasteiger partial charge in [0.2, 0.25) is 0 Å². The molecular weight excluding hydrogens is 321 g/mol. The summed E-state index contributed by atoms with van der Waals surface area (Å²) in [6.45, 7) is 3.97. The number of methoxy groups -OCH3 is 1. The quantitative estimate of drug-likeness (QED) is 0.466. The molecular formula is C19H28FN3O2. The number of halogens is 1. The highest BCUT2D eigenvalue weighted by Gasteiger charge is 2.41. The number of benzene rings is 1. The van der Waals surface area contributed by atoms with Crippen molar-refractivity contribution in [1.29, 1.82) is 0 Å². The van der Waals surface area contributed by atoms with E-state index in [1.807, 2.05) is 19.2 Å². The number of ether oxygens (including phenoxy) is 2. The van der Waals surface area contributed by atoms with Crippen LogP contribution in [0.25, 0.3) is 0 Å². The third-order valence-corrected chi connectivity index (χ3v) is 4.99. The number of guanidine groups is 1. The summed E-state index contributed by atoms with van der Waals surface area (Å²) < 4.78 is 24.6. The minimum atomic E-state index is -0.110. The Labute approximate surface area is 149 Å². The lowest BCUT2D eigenvalue weighted by molar-refractivity contribution is 0.0536. The van der Waals surface area contributed by atoms with Gasteiger partial charge in [-0.1, -0.05) is 18.2 Å². The Balaban J connectivity index is 1.46. The summed E-state index contributed by atoms with van der Waals surface area (Å²) in [5, 5.41) is 3.50. The number of aliphatic imine (C=N–C) groups is 1. The van der Waals surface area contributed by atoms with Gasteiger partial charge in [-0.25, -0.2) is 4.39 Å². The summed E-state index contributed by atoms with van der Waals surface area (Å²) in [4.78, 5) is 6.70. The molecule has 3 unspecified atom stereocenters. The summed E-state index contributed by atoms with van der Waals surface area (Å²) in [5.74, 6) is 1.58. The molecule has 0 aromatic heterocycles. The molecule has 0 amide bonds. The van der Waals surface area contributed by atoms with Crippen molar-refractivity contribution in [3.8, 4) is 0 Å². The van der Waals surface area contributed by atoms with Crippen LogP contribution in [0.5, 0.6) is 0 Å². The van der Waals surface area contributed by atoms with E-state index in [1.54, 1.807) is 13.2 Å². The molecule has 3 rings (SSSR count). The lowest BCUT2D eigenvalue weighted by Gasteiger charge is -2.22. The zero-order chi connectivity index (χ0) is 17.6. The SMILES string of the molecule is CN=C(NC1CC1c1ccccc1F)N1CCC(COCCOC)C1. The average Bonchev–Trinajstić information content (AvgIpc) is 3.23. The maximum Gasteiger partial charge on any atom is 0.193 e. The van der Waals surface area contributed by atoms with Gasteiger partial charge in [-0.3, -0.25) is 4.99 Å². The number of nitrogens with zero attached hydrogens (tertiary/aromatic N) is 2. The monoisotopic (exact) mass is 349 g/mol. The molecule has 1 aromatic carbocycles. The van der Waals surface area contributed by atoms with Crippen LogP contribution in [0.15, 0.2) is 29.3 Å². The molecule has 0 bridgehead atoms. The number of nitrogens with one attached hydrogen (secondary N) is 1. The summed E-state index contributed by atoms with van der Waals surface area (Å²) >= 11 is 0. The van der Waals surface area contributed by atoms with Gasteiger partial charge >= 0.3 is 0 Å². The molecule has 6 heteroatoms. The molecule has 1 saturated carbocycles. The van der Waals surface area contributed by atoms with Crippen LogP contribution in [-0.4, -0.2) is 64.0 Å². The van der Waals surface area contributed by atoms with Crippen LogP contribution in [0.4, 0.5) is 4.39 Å². The van der Waals surface area contributed by atoms with Gasteiger partial charge in [0.05, 0.1) is 19.8 Å². The first-order chi connectivity index (χ1) is 12.2. The number of hydrogen-bond acceptors (Lipinski definition) is 3. The van der Waals surface area contributed by atoms with Crippen LogP contribution in [0.1, 0.15) is 24.3 Å². The van der Waals surface area contributed by atoms with E-state index >= 15 is 0 Å². The second-order valence-electron chi connectivity index (χ2n) is 6.83. The Morgan fingerprint density at radius 3 is 2.96 bits per heavy atom. The van der Waals surface area contributed by atoms with E-state index < -0.39 is 0 Å². The largest absolute Gasteiger partial charge is 0.382 e. The second-order valence-corrected chi connectivity index (χ2v) is 6.83. The summed E-state index contributed by atoms with van der Waals surface area (Å²) in [7, 11) is 3.49. The van der Waals surface area contributed by atoms with Crippen molar-refractivity contribution in [1.82, 2.24) is 10.2 Å². The normalized spacial score (nSPS) is 26.1. The van der Waals surface area contributed by atoms with Gasteiger partial charge in [0.1, 0.15) is 5.82 Å². The number of rotatable bonds is 7. The van der Waals surface area contributed by atoms with Crippen LogP contribution in [0, 0.1) is 11.7 Å². The Hall–Kier alpha value is -1.66. The molecule has 3 atom stereocenters. The molecule has 1 N–H and O–H groups in total. The topological polar surface area (TPSA) is 46.1 Å². The molecule has 5 nitrogen and oxygen atoms in total. The highest BCUT2D eigenvalue weighted by atomic mass is 19.1. The molecule has 1 saturated heterocycles. The Morgan fingerprint density at radius 1 is 1.36 bits per heavy atom. The van der Waals surface area contributed by atoms with E-state index in [0.29, 0.717) is 19.1 Å². The maximum absolute atomic E-state index is 13.9. The first kappa shape index (κ1) is 18.1. The standard InChI is InChI=1S/C19H28FN3O2/c1-21-19(23-8-7-14(12-23)13-25-10-9-24-2)22-18-11-16(18)15-5-3-4-6-17(15)20/h3-6,14,16,18H,7-13H2,1-2H3,(H,21,22). The molecule has 2 fully saturated rings. The van der Waals surface area contributed by atoms with E-state index in [-0.39, 0.29) is 17.8 Å². The van der Waals surface area contributed by atoms with Crippen molar-refractivity contribution >= 4 is 5.96 Å². The first-order valence-corrected chi connectivity index (χ1v) is 9.02. The molecule has 1 heterocycles. The van der Waals surface area contributed by atoms with Gasteiger partial charge in [-0.05, 0) is 24.5 Å². The minimum absolute atomic E-state index is 0.110. The van der Waals surface area contributed by atoms with Crippen molar-refractivity contribution < 1.29 is 13.9 Å². The molecule has 0 spiro atoms. The predicted octanol–water partition coefficient (Wildman–Crippen LogP) is 2.24. The maximum atomic E-state index is 13.9. The molecule has 1 aromatic rings. The summed E-state index contributed by atoms with van der Waals surface area (Å²) in [5.41, 5.74) is 0.807. The Morgan fingerprint density at radius 2 is 2.20 bits per heavy atom. The van der Waals surface area contributed by atoms with Gasteiger partial charge in [0, 0.05) is 45.1 Å². The first-order valence-electron chi connectivity index (χ1n) is 9.02. The molecule has 0 radical (unpaired) electrons. The van der Waals surface area contributed by atoms with Gasteiger partial charge in [0.25, 0.3) is 0 Å². The summed E-state index contributed by atoms with van der Waals surface area (Å²) in [6, 6.07) is 7.33. The van der Waals surface area contributed by atoms with Crippen LogP contribution in [0.2, 0.25) is 0 Å². The smallest absolute Gasteiger partial charge is 0.193 e. The van der Waals surface area contributed by atoms with Crippen molar-refractivity contribution in [3.63, 3.8) is 0 Å². The zero-order valence-corrected chi connectivity index (χ0v) is 15.1. The van der Waals surface area contributed by atoms with Gasteiger partial charge < -0.3 is 19.7 Å².